The molecule has 0 amide bonds. The topological polar surface area (TPSA) is 21.3 Å². The molecule has 0 unspecified atom stereocenters. The van der Waals surface area contributed by atoms with Crippen LogP contribution in [0.4, 0.5) is 0 Å². The molecular weight excluding hydrogens is 258 g/mol. The van der Waals surface area contributed by atoms with E-state index in [0.29, 0.717) is 12.0 Å². The Bertz CT molecular complexity index is 433. The highest BCUT2D eigenvalue weighted by Gasteiger charge is 2.21. The quantitative estimate of drug-likeness (QED) is 0.819. The second kappa shape index (κ2) is 7.84. The SMILES string of the molecule is Cc1cccc(CNCC(C)C)c1OC1CCC(C)CC1. The fraction of sp³-hybridized carbons (Fsp3) is 0.684. The molecule has 0 aliphatic heterocycles. The van der Waals surface area contributed by atoms with Gasteiger partial charge in [-0.05, 0) is 56.6 Å². The number of para-hydroxylation sites is 1. The molecule has 1 saturated carbocycles. The van der Waals surface area contributed by atoms with Gasteiger partial charge in [-0.2, -0.15) is 0 Å². The van der Waals surface area contributed by atoms with Crippen molar-refractivity contribution in [3.05, 3.63) is 29.3 Å². The summed E-state index contributed by atoms with van der Waals surface area (Å²) < 4.78 is 6.38. The summed E-state index contributed by atoms with van der Waals surface area (Å²) in [5, 5.41) is 3.53. The molecule has 0 atom stereocenters. The Morgan fingerprint density at radius 2 is 1.90 bits per heavy atom. The fourth-order valence-electron chi connectivity index (χ4n) is 3.03. The summed E-state index contributed by atoms with van der Waals surface area (Å²) in [6.45, 7) is 10.9. The molecule has 2 rings (SSSR count). The van der Waals surface area contributed by atoms with Gasteiger partial charge in [-0.1, -0.05) is 39.0 Å². The van der Waals surface area contributed by atoms with Crippen LogP contribution in [0.15, 0.2) is 18.2 Å². The van der Waals surface area contributed by atoms with Crippen molar-refractivity contribution in [3.8, 4) is 5.75 Å². The molecule has 1 aromatic rings. The van der Waals surface area contributed by atoms with Gasteiger partial charge in [0.15, 0.2) is 0 Å². The first-order valence-corrected chi connectivity index (χ1v) is 8.52. The molecule has 1 aliphatic rings. The minimum Gasteiger partial charge on any atom is -0.490 e. The lowest BCUT2D eigenvalue weighted by Gasteiger charge is -2.28. The smallest absolute Gasteiger partial charge is 0.127 e. The minimum atomic E-state index is 0.408. The number of ether oxygens (including phenoxy) is 1. The van der Waals surface area contributed by atoms with Gasteiger partial charge in [0, 0.05) is 12.1 Å². The Morgan fingerprint density at radius 3 is 2.57 bits per heavy atom. The van der Waals surface area contributed by atoms with Crippen LogP contribution in [-0.4, -0.2) is 12.6 Å². The molecule has 118 valence electrons. The largest absolute Gasteiger partial charge is 0.490 e. The van der Waals surface area contributed by atoms with Crippen LogP contribution in [0, 0.1) is 18.8 Å². The van der Waals surface area contributed by atoms with Gasteiger partial charge in [-0.25, -0.2) is 0 Å². The Balaban J connectivity index is 1.99. The van der Waals surface area contributed by atoms with Gasteiger partial charge < -0.3 is 10.1 Å². The van der Waals surface area contributed by atoms with E-state index in [0.717, 1.165) is 24.8 Å². The highest BCUT2D eigenvalue weighted by Crippen LogP contribution is 2.30. The molecule has 0 spiro atoms. The third kappa shape index (κ3) is 5.03. The molecule has 1 aliphatic carbocycles. The molecule has 0 aromatic heterocycles. The fourth-order valence-corrected chi connectivity index (χ4v) is 3.03. The average molecular weight is 289 g/mol. The van der Waals surface area contributed by atoms with Crippen molar-refractivity contribution in [2.24, 2.45) is 11.8 Å². The summed E-state index contributed by atoms with van der Waals surface area (Å²) in [7, 11) is 0. The Kier molecular flexibility index (Phi) is 6.10. The second-order valence-corrected chi connectivity index (χ2v) is 7.09. The standard InChI is InChI=1S/C19H31NO/c1-14(2)12-20-13-17-7-5-6-16(4)19(17)21-18-10-8-15(3)9-11-18/h5-7,14-15,18,20H,8-13H2,1-4H3. The van der Waals surface area contributed by atoms with Gasteiger partial charge in [-0.15, -0.1) is 0 Å². The van der Waals surface area contributed by atoms with E-state index in [9.17, 15) is 0 Å². The number of nitrogens with one attached hydrogen (secondary N) is 1. The maximum atomic E-state index is 6.38. The predicted molar refractivity (Wildman–Crippen MR) is 89.8 cm³/mol. The molecule has 0 bridgehead atoms. The second-order valence-electron chi connectivity index (χ2n) is 7.09. The summed E-state index contributed by atoms with van der Waals surface area (Å²) in [5.41, 5.74) is 2.56. The van der Waals surface area contributed by atoms with Gasteiger partial charge >= 0.3 is 0 Å². The number of benzene rings is 1. The zero-order chi connectivity index (χ0) is 15.2. The monoisotopic (exact) mass is 289 g/mol. The van der Waals surface area contributed by atoms with Crippen molar-refractivity contribution in [1.29, 1.82) is 0 Å². The summed E-state index contributed by atoms with van der Waals surface area (Å²) in [5.74, 6) is 2.67. The van der Waals surface area contributed by atoms with Gasteiger partial charge in [-0.3, -0.25) is 0 Å². The predicted octanol–water partition coefficient (Wildman–Crippen LogP) is 4.70. The zero-order valence-corrected chi connectivity index (χ0v) is 14.1. The van der Waals surface area contributed by atoms with Gasteiger partial charge in [0.05, 0.1) is 6.10 Å². The van der Waals surface area contributed by atoms with E-state index in [1.165, 1.54) is 36.8 Å². The number of hydrogen-bond donors (Lipinski definition) is 1. The van der Waals surface area contributed by atoms with Crippen LogP contribution in [0.1, 0.15) is 57.6 Å². The molecule has 1 fully saturated rings. The molecule has 1 N–H and O–H groups in total. The zero-order valence-electron chi connectivity index (χ0n) is 14.1. The normalized spacial score (nSPS) is 22.5. The van der Waals surface area contributed by atoms with E-state index >= 15 is 0 Å². The number of aryl methyl sites for hydroxylation is 1. The van der Waals surface area contributed by atoms with Crippen LogP contribution in [0.3, 0.4) is 0 Å². The van der Waals surface area contributed by atoms with Gasteiger partial charge in [0.1, 0.15) is 5.75 Å². The van der Waals surface area contributed by atoms with E-state index in [2.05, 4.69) is 51.2 Å². The molecular formula is C19H31NO. The van der Waals surface area contributed by atoms with Gasteiger partial charge in [0.2, 0.25) is 0 Å². The van der Waals surface area contributed by atoms with Crippen LogP contribution >= 0.6 is 0 Å². The summed E-state index contributed by atoms with van der Waals surface area (Å²) in [4.78, 5) is 0. The maximum Gasteiger partial charge on any atom is 0.127 e. The lowest BCUT2D eigenvalue weighted by Crippen LogP contribution is -2.25. The first-order chi connectivity index (χ1) is 10.1. The van der Waals surface area contributed by atoms with Crippen LogP contribution in [0.2, 0.25) is 0 Å². The molecule has 1 aromatic carbocycles. The Morgan fingerprint density at radius 1 is 1.19 bits per heavy atom. The molecule has 2 heteroatoms. The van der Waals surface area contributed by atoms with E-state index in [4.69, 9.17) is 4.74 Å². The number of hydrogen-bond acceptors (Lipinski definition) is 2. The van der Waals surface area contributed by atoms with E-state index in [-0.39, 0.29) is 0 Å². The summed E-state index contributed by atoms with van der Waals surface area (Å²) >= 11 is 0. The first-order valence-electron chi connectivity index (χ1n) is 8.52. The van der Waals surface area contributed by atoms with Crippen LogP contribution in [0.25, 0.3) is 0 Å². The van der Waals surface area contributed by atoms with Crippen LogP contribution in [0.5, 0.6) is 5.75 Å². The molecule has 21 heavy (non-hydrogen) atoms. The minimum absolute atomic E-state index is 0.408. The lowest BCUT2D eigenvalue weighted by molar-refractivity contribution is 0.133. The third-order valence-corrected chi connectivity index (χ3v) is 4.41. The highest BCUT2D eigenvalue weighted by molar-refractivity contribution is 5.41. The van der Waals surface area contributed by atoms with Crippen LogP contribution in [-0.2, 0) is 6.54 Å². The average Bonchev–Trinajstić information content (AvgIpc) is 2.44. The highest BCUT2D eigenvalue weighted by atomic mass is 16.5. The molecule has 2 nitrogen and oxygen atoms in total. The van der Waals surface area contributed by atoms with Crippen molar-refractivity contribution in [1.82, 2.24) is 5.32 Å². The lowest BCUT2D eigenvalue weighted by atomic mass is 9.89. The molecule has 0 saturated heterocycles. The third-order valence-electron chi connectivity index (χ3n) is 4.41. The van der Waals surface area contributed by atoms with E-state index in [1.54, 1.807) is 0 Å². The van der Waals surface area contributed by atoms with E-state index < -0.39 is 0 Å². The van der Waals surface area contributed by atoms with Gasteiger partial charge in [0.25, 0.3) is 0 Å². The van der Waals surface area contributed by atoms with Crippen molar-refractivity contribution < 1.29 is 4.74 Å². The molecule has 0 heterocycles. The Labute approximate surface area is 130 Å². The Hall–Kier alpha value is -1.02. The first kappa shape index (κ1) is 16.4. The van der Waals surface area contributed by atoms with Crippen molar-refractivity contribution in [3.63, 3.8) is 0 Å². The number of rotatable bonds is 6. The summed E-state index contributed by atoms with van der Waals surface area (Å²) in [6.07, 6.45) is 5.42. The van der Waals surface area contributed by atoms with Crippen LogP contribution < -0.4 is 10.1 Å². The van der Waals surface area contributed by atoms with Crippen molar-refractivity contribution >= 4 is 0 Å². The summed E-state index contributed by atoms with van der Waals surface area (Å²) in [6, 6.07) is 6.49. The molecule has 0 radical (unpaired) electrons. The van der Waals surface area contributed by atoms with E-state index in [1.807, 2.05) is 0 Å². The van der Waals surface area contributed by atoms with Crippen molar-refractivity contribution in [2.75, 3.05) is 6.54 Å². The van der Waals surface area contributed by atoms with Crippen molar-refractivity contribution in [2.45, 2.75) is 66.0 Å². The maximum absolute atomic E-state index is 6.38.